The summed E-state index contributed by atoms with van der Waals surface area (Å²) in [6.45, 7) is 7.05. The van der Waals surface area contributed by atoms with Crippen LogP contribution in [0, 0.1) is 5.92 Å². The molecule has 0 bridgehead atoms. The zero-order valence-corrected chi connectivity index (χ0v) is 17.0. The van der Waals surface area contributed by atoms with E-state index in [1.807, 2.05) is 17.5 Å². The number of carbonyl (C=O) groups is 1. The van der Waals surface area contributed by atoms with Crippen LogP contribution >= 0.6 is 22.9 Å². The van der Waals surface area contributed by atoms with Crippen molar-refractivity contribution in [3.8, 4) is 5.75 Å². The minimum absolute atomic E-state index is 0.218. The number of amides is 1. The molecule has 4 nitrogen and oxygen atoms in total. The molecule has 1 aromatic heterocycles. The lowest BCUT2D eigenvalue weighted by molar-refractivity contribution is 0.0955. The molecule has 0 aliphatic heterocycles. The Balaban J connectivity index is 1.99. The molecule has 1 N–H and O–H groups in total. The van der Waals surface area contributed by atoms with Crippen LogP contribution in [0.25, 0.3) is 0 Å². The van der Waals surface area contributed by atoms with Gasteiger partial charge in [-0.05, 0) is 43.0 Å². The SMILES string of the molecule is CCCc1cc(C(=O)NN=Cc2cc(Cl)ccc2OCCC(C)C)cs1. The van der Waals surface area contributed by atoms with Crippen LogP contribution in [-0.2, 0) is 6.42 Å². The van der Waals surface area contributed by atoms with Crippen LogP contribution in [0.15, 0.2) is 34.7 Å². The fourth-order valence-corrected chi connectivity index (χ4v) is 3.41. The molecule has 1 heterocycles. The van der Waals surface area contributed by atoms with Crippen molar-refractivity contribution in [3.05, 3.63) is 50.7 Å². The molecule has 0 aliphatic rings. The molecule has 0 radical (unpaired) electrons. The van der Waals surface area contributed by atoms with Gasteiger partial charge in [0.1, 0.15) is 5.75 Å². The average molecular weight is 393 g/mol. The van der Waals surface area contributed by atoms with Gasteiger partial charge < -0.3 is 4.74 Å². The Bertz CT molecular complexity index is 756. The predicted octanol–water partition coefficient (Wildman–Crippen LogP) is 5.54. The number of hydrogen-bond donors (Lipinski definition) is 1. The number of aryl methyl sites for hydroxylation is 1. The zero-order chi connectivity index (χ0) is 18.9. The Hall–Kier alpha value is -1.85. The van der Waals surface area contributed by atoms with Crippen LogP contribution in [0.1, 0.15) is 54.4 Å². The predicted molar refractivity (Wildman–Crippen MR) is 110 cm³/mol. The summed E-state index contributed by atoms with van der Waals surface area (Å²) >= 11 is 7.67. The monoisotopic (exact) mass is 392 g/mol. The molecule has 0 aliphatic carbocycles. The first-order chi connectivity index (χ1) is 12.5. The quantitative estimate of drug-likeness (QED) is 0.449. The molecular weight excluding hydrogens is 368 g/mol. The highest BCUT2D eigenvalue weighted by atomic mass is 35.5. The van der Waals surface area contributed by atoms with Crippen molar-refractivity contribution < 1.29 is 9.53 Å². The number of halogens is 1. The number of benzene rings is 1. The highest BCUT2D eigenvalue weighted by Crippen LogP contribution is 2.22. The average Bonchev–Trinajstić information content (AvgIpc) is 3.05. The van der Waals surface area contributed by atoms with Crippen molar-refractivity contribution in [2.24, 2.45) is 11.0 Å². The first-order valence-corrected chi connectivity index (χ1v) is 10.1. The maximum atomic E-state index is 12.2. The zero-order valence-electron chi connectivity index (χ0n) is 15.4. The third kappa shape index (κ3) is 6.46. The van der Waals surface area contributed by atoms with Gasteiger partial charge in [-0.25, -0.2) is 5.43 Å². The molecule has 2 aromatic rings. The van der Waals surface area contributed by atoms with Crippen molar-refractivity contribution in [3.63, 3.8) is 0 Å². The van der Waals surface area contributed by atoms with Gasteiger partial charge in [-0.3, -0.25) is 4.79 Å². The van der Waals surface area contributed by atoms with Gasteiger partial charge in [-0.1, -0.05) is 38.8 Å². The molecule has 0 atom stereocenters. The number of nitrogens with one attached hydrogen (secondary N) is 1. The third-order valence-electron chi connectivity index (χ3n) is 3.71. The fourth-order valence-electron chi connectivity index (χ4n) is 2.26. The normalized spacial score (nSPS) is 11.3. The summed E-state index contributed by atoms with van der Waals surface area (Å²) < 4.78 is 5.81. The van der Waals surface area contributed by atoms with E-state index in [-0.39, 0.29) is 5.91 Å². The summed E-state index contributed by atoms with van der Waals surface area (Å²) in [6, 6.07) is 7.29. The van der Waals surface area contributed by atoms with Gasteiger partial charge in [0, 0.05) is 20.8 Å². The van der Waals surface area contributed by atoms with Crippen molar-refractivity contribution in [2.75, 3.05) is 6.61 Å². The fraction of sp³-hybridized carbons (Fsp3) is 0.400. The van der Waals surface area contributed by atoms with Crippen LogP contribution in [-0.4, -0.2) is 18.7 Å². The molecule has 0 spiro atoms. The number of rotatable bonds is 9. The van der Waals surface area contributed by atoms with Crippen LogP contribution < -0.4 is 10.2 Å². The van der Waals surface area contributed by atoms with Gasteiger partial charge in [0.25, 0.3) is 5.91 Å². The Labute approximate surface area is 164 Å². The molecule has 26 heavy (non-hydrogen) atoms. The van der Waals surface area contributed by atoms with Crippen molar-refractivity contribution in [1.82, 2.24) is 5.43 Å². The molecule has 0 saturated carbocycles. The Morgan fingerprint density at radius 2 is 2.19 bits per heavy atom. The molecule has 1 aromatic carbocycles. The van der Waals surface area contributed by atoms with E-state index in [1.165, 1.54) is 4.88 Å². The number of nitrogens with zero attached hydrogens (tertiary/aromatic N) is 1. The second-order valence-corrected chi connectivity index (χ2v) is 7.90. The van der Waals surface area contributed by atoms with E-state index in [4.69, 9.17) is 16.3 Å². The summed E-state index contributed by atoms with van der Waals surface area (Å²) in [5.74, 6) is 1.06. The smallest absolute Gasteiger partial charge is 0.272 e. The topological polar surface area (TPSA) is 50.7 Å². The Morgan fingerprint density at radius 3 is 2.92 bits per heavy atom. The van der Waals surface area contributed by atoms with Crippen LogP contribution in [0.2, 0.25) is 5.02 Å². The number of hydrazone groups is 1. The van der Waals surface area contributed by atoms with Gasteiger partial charge in [0.15, 0.2) is 0 Å². The largest absolute Gasteiger partial charge is 0.493 e. The summed E-state index contributed by atoms with van der Waals surface area (Å²) in [5.41, 5.74) is 3.93. The van der Waals surface area contributed by atoms with Crippen LogP contribution in [0.5, 0.6) is 5.75 Å². The Kier molecular flexibility index (Phi) is 8.13. The van der Waals surface area contributed by atoms with Crippen molar-refractivity contribution in [2.45, 2.75) is 40.0 Å². The number of hydrogen-bond acceptors (Lipinski definition) is 4. The highest BCUT2D eigenvalue weighted by molar-refractivity contribution is 7.10. The second kappa shape index (κ2) is 10.3. The van der Waals surface area contributed by atoms with Crippen LogP contribution in [0.4, 0.5) is 0 Å². The minimum atomic E-state index is -0.218. The van der Waals surface area contributed by atoms with Crippen molar-refractivity contribution >= 4 is 35.1 Å². The van der Waals surface area contributed by atoms with E-state index in [9.17, 15) is 4.79 Å². The van der Waals surface area contributed by atoms with E-state index in [1.54, 1.807) is 29.7 Å². The van der Waals surface area contributed by atoms with Crippen LogP contribution in [0.3, 0.4) is 0 Å². The lowest BCUT2D eigenvalue weighted by Crippen LogP contribution is -2.16. The third-order valence-corrected chi connectivity index (χ3v) is 4.94. The van der Waals surface area contributed by atoms with Gasteiger partial charge in [-0.15, -0.1) is 11.3 Å². The maximum Gasteiger partial charge on any atom is 0.272 e. The van der Waals surface area contributed by atoms with Gasteiger partial charge >= 0.3 is 0 Å². The molecule has 140 valence electrons. The maximum absolute atomic E-state index is 12.2. The summed E-state index contributed by atoms with van der Waals surface area (Å²) in [7, 11) is 0. The van der Waals surface area contributed by atoms with Gasteiger partial charge in [0.05, 0.1) is 18.4 Å². The standard InChI is InChI=1S/C20H25ClN2O2S/c1-4-5-18-11-16(13-26-18)20(24)23-22-12-15-10-17(21)6-7-19(15)25-9-8-14(2)3/h6-7,10-14H,4-5,8-9H2,1-3H3,(H,23,24). The molecule has 2 rings (SSSR count). The second-order valence-electron chi connectivity index (χ2n) is 6.46. The number of ether oxygens (including phenoxy) is 1. The number of thiophene rings is 1. The summed E-state index contributed by atoms with van der Waals surface area (Å²) in [5, 5.41) is 6.51. The van der Waals surface area contributed by atoms with E-state index in [0.717, 1.165) is 24.8 Å². The lowest BCUT2D eigenvalue weighted by Gasteiger charge is -2.10. The molecule has 6 heteroatoms. The molecule has 0 saturated heterocycles. The molecule has 0 fully saturated rings. The summed E-state index contributed by atoms with van der Waals surface area (Å²) in [4.78, 5) is 13.4. The summed E-state index contributed by atoms with van der Waals surface area (Å²) in [6.07, 6.45) is 4.58. The number of carbonyl (C=O) groups excluding carboxylic acids is 1. The molecular formula is C20H25ClN2O2S. The van der Waals surface area contributed by atoms with E-state index >= 15 is 0 Å². The van der Waals surface area contributed by atoms with Gasteiger partial charge in [-0.2, -0.15) is 5.10 Å². The van der Waals surface area contributed by atoms with E-state index in [2.05, 4.69) is 31.3 Å². The van der Waals surface area contributed by atoms with E-state index in [0.29, 0.717) is 28.9 Å². The first kappa shape index (κ1) is 20.5. The molecule has 1 amide bonds. The van der Waals surface area contributed by atoms with E-state index < -0.39 is 0 Å². The minimum Gasteiger partial charge on any atom is -0.493 e. The Morgan fingerprint density at radius 1 is 1.38 bits per heavy atom. The van der Waals surface area contributed by atoms with Gasteiger partial charge in [0.2, 0.25) is 0 Å². The lowest BCUT2D eigenvalue weighted by atomic mass is 10.1. The van der Waals surface area contributed by atoms with Crippen molar-refractivity contribution in [1.29, 1.82) is 0 Å². The first-order valence-electron chi connectivity index (χ1n) is 8.82. The highest BCUT2D eigenvalue weighted by Gasteiger charge is 2.08. The molecule has 0 unspecified atom stereocenters.